The molecule has 0 radical (unpaired) electrons. The maximum absolute atomic E-state index is 12.3. The third-order valence-electron chi connectivity index (χ3n) is 9.58. The van der Waals surface area contributed by atoms with E-state index in [1.807, 2.05) is 25.1 Å². The molecule has 1 N–H and O–H groups in total. The molecule has 0 amide bonds. The van der Waals surface area contributed by atoms with E-state index in [9.17, 15) is 9.90 Å². The summed E-state index contributed by atoms with van der Waals surface area (Å²) < 4.78 is 12.7. The summed E-state index contributed by atoms with van der Waals surface area (Å²) in [5.74, 6) is 2.28. The van der Waals surface area contributed by atoms with Gasteiger partial charge in [0.2, 0.25) is 0 Å². The van der Waals surface area contributed by atoms with Crippen LogP contribution in [0.5, 0.6) is 23.0 Å². The number of ether oxygens (including phenoxy) is 2. The number of carbonyl (C=O) groups is 1. The van der Waals surface area contributed by atoms with Gasteiger partial charge in [0.1, 0.15) is 29.1 Å². The van der Waals surface area contributed by atoms with Crippen LogP contribution in [-0.4, -0.2) is 23.5 Å². The van der Waals surface area contributed by atoms with Gasteiger partial charge >= 0.3 is 0 Å². The van der Waals surface area contributed by atoms with Gasteiger partial charge in [-0.15, -0.1) is 0 Å². The third kappa shape index (κ3) is 5.68. The Morgan fingerprint density at radius 3 is 2.07 bits per heavy atom. The fraction of sp³-hybridized carbons (Fsp3) is 0.486. The zero-order valence-corrected chi connectivity index (χ0v) is 25.6. The van der Waals surface area contributed by atoms with Gasteiger partial charge < -0.3 is 19.5 Å². The molecule has 1 heterocycles. The first-order valence-electron chi connectivity index (χ1n) is 15.9. The van der Waals surface area contributed by atoms with Crippen LogP contribution in [0.3, 0.4) is 0 Å². The van der Waals surface area contributed by atoms with E-state index < -0.39 is 6.10 Å². The first kappa shape index (κ1) is 28.8. The number of aliphatic hydroxyl groups excluding tert-OH is 1. The number of carbonyl (C=O) groups excluding carboxylic acids is 1. The molecule has 6 rings (SSSR count). The lowest BCUT2D eigenvalue weighted by Gasteiger charge is -2.43. The topological polar surface area (TPSA) is 59.0 Å². The third-order valence-corrected chi connectivity index (χ3v) is 9.58. The molecule has 3 aliphatic rings. The number of hydrogen-bond donors (Lipinski definition) is 1. The van der Waals surface area contributed by atoms with E-state index in [2.05, 4.69) is 43.9 Å². The molecular weight excluding hydrogens is 522 g/mol. The highest BCUT2D eigenvalue weighted by Crippen LogP contribution is 2.47. The molecule has 2 saturated carbocycles. The molecule has 42 heavy (non-hydrogen) atoms. The summed E-state index contributed by atoms with van der Waals surface area (Å²) >= 11 is 0. The number of fused-ring (bicyclic) bond motifs is 2. The van der Waals surface area contributed by atoms with Crippen LogP contribution >= 0.6 is 0 Å². The minimum absolute atomic E-state index is 0.0592. The molecule has 5 nitrogen and oxygen atoms in total. The van der Waals surface area contributed by atoms with Crippen molar-refractivity contribution in [1.29, 1.82) is 0 Å². The lowest BCUT2D eigenvalue weighted by molar-refractivity contribution is 0.112. The van der Waals surface area contributed by atoms with Gasteiger partial charge in [-0.2, -0.15) is 0 Å². The Balaban J connectivity index is 1.34. The molecule has 3 aromatic rings. The van der Waals surface area contributed by atoms with Gasteiger partial charge in [-0.25, -0.2) is 0 Å². The Morgan fingerprint density at radius 2 is 1.45 bits per heavy atom. The summed E-state index contributed by atoms with van der Waals surface area (Å²) in [6.45, 7) is 8.51. The van der Waals surface area contributed by atoms with Gasteiger partial charge in [0, 0.05) is 35.0 Å². The molecule has 1 unspecified atom stereocenters. The zero-order chi connectivity index (χ0) is 29.4. The van der Waals surface area contributed by atoms with E-state index in [-0.39, 0.29) is 5.41 Å². The summed E-state index contributed by atoms with van der Waals surface area (Å²) in [7, 11) is 0. The van der Waals surface area contributed by atoms with Crippen molar-refractivity contribution in [1.82, 2.24) is 0 Å². The quantitative estimate of drug-likeness (QED) is 0.301. The summed E-state index contributed by atoms with van der Waals surface area (Å²) in [5, 5.41) is 11.5. The number of aldehydes is 1. The van der Waals surface area contributed by atoms with Gasteiger partial charge in [0.25, 0.3) is 0 Å². The fourth-order valence-electron chi connectivity index (χ4n) is 7.10. The zero-order valence-electron chi connectivity index (χ0n) is 25.6. The average Bonchev–Trinajstić information content (AvgIpc) is 2.99. The molecule has 0 bridgehead atoms. The highest BCUT2D eigenvalue weighted by Gasteiger charge is 2.31. The first-order valence-corrected chi connectivity index (χ1v) is 15.9. The van der Waals surface area contributed by atoms with Crippen LogP contribution in [0.15, 0.2) is 48.5 Å². The van der Waals surface area contributed by atoms with Crippen molar-refractivity contribution in [3.8, 4) is 23.0 Å². The van der Waals surface area contributed by atoms with Crippen molar-refractivity contribution in [2.24, 2.45) is 0 Å². The monoisotopic (exact) mass is 567 g/mol. The number of hydrogen-bond acceptors (Lipinski definition) is 5. The summed E-state index contributed by atoms with van der Waals surface area (Å²) in [4.78, 5) is 15.0. The van der Waals surface area contributed by atoms with Crippen LogP contribution in [0, 0.1) is 6.92 Å². The SMILES string of the molecule is Cc1ccc(N(C2CCCCC2)C2CCCCC2)cc1Oc1cc2c(cc1C=O)Oc1ccc(C(C)(C)C)cc1C2O. The molecule has 222 valence electrons. The number of benzene rings is 3. The molecule has 0 spiro atoms. The Kier molecular flexibility index (Phi) is 8.06. The molecule has 0 saturated heterocycles. The number of nitrogens with zero attached hydrogens (tertiary/aromatic N) is 1. The van der Waals surface area contributed by atoms with Crippen LogP contribution in [0.25, 0.3) is 0 Å². The van der Waals surface area contributed by atoms with Gasteiger partial charge in [-0.3, -0.25) is 4.79 Å². The van der Waals surface area contributed by atoms with E-state index in [1.54, 1.807) is 12.1 Å². The minimum Gasteiger partial charge on any atom is -0.457 e. The predicted octanol–water partition coefficient (Wildman–Crippen LogP) is 9.56. The van der Waals surface area contributed by atoms with Crippen LogP contribution < -0.4 is 14.4 Å². The molecule has 1 aliphatic heterocycles. The molecule has 1 atom stereocenters. The van der Waals surface area contributed by atoms with Gasteiger partial charge in [0.15, 0.2) is 6.29 Å². The lowest BCUT2D eigenvalue weighted by atomic mass is 9.84. The molecule has 2 fully saturated rings. The molecule has 2 aliphatic carbocycles. The second kappa shape index (κ2) is 11.8. The average molecular weight is 568 g/mol. The van der Waals surface area contributed by atoms with Crippen molar-refractivity contribution < 1.29 is 19.4 Å². The van der Waals surface area contributed by atoms with Crippen LogP contribution in [0.1, 0.15) is 124 Å². The molecule has 5 heteroatoms. The maximum Gasteiger partial charge on any atom is 0.153 e. The second-order valence-electron chi connectivity index (χ2n) is 13.6. The smallest absolute Gasteiger partial charge is 0.153 e. The van der Waals surface area contributed by atoms with E-state index in [0.717, 1.165) is 28.7 Å². The largest absolute Gasteiger partial charge is 0.457 e. The number of aryl methyl sites for hydroxylation is 1. The lowest BCUT2D eigenvalue weighted by Crippen LogP contribution is -2.45. The van der Waals surface area contributed by atoms with Crippen LogP contribution in [0.4, 0.5) is 5.69 Å². The van der Waals surface area contributed by atoms with Gasteiger partial charge in [-0.1, -0.05) is 71.4 Å². The maximum atomic E-state index is 12.3. The van der Waals surface area contributed by atoms with Crippen LogP contribution in [-0.2, 0) is 5.41 Å². The van der Waals surface area contributed by atoms with Crippen LogP contribution in [0.2, 0.25) is 0 Å². The van der Waals surface area contributed by atoms with Gasteiger partial charge in [0.05, 0.1) is 5.56 Å². The Labute approximate surface area is 250 Å². The summed E-state index contributed by atoms with van der Waals surface area (Å²) in [5.41, 5.74) is 5.03. The van der Waals surface area contributed by atoms with E-state index in [1.165, 1.54) is 69.9 Å². The minimum atomic E-state index is -0.880. The normalized spacial score (nSPS) is 19.4. The first-order chi connectivity index (χ1) is 20.2. The van der Waals surface area contributed by atoms with Gasteiger partial charge in [-0.05, 0) is 79.5 Å². The highest BCUT2D eigenvalue weighted by atomic mass is 16.5. The Morgan fingerprint density at radius 1 is 0.810 bits per heavy atom. The van der Waals surface area contributed by atoms with Crippen molar-refractivity contribution >= 4 is 12.0 Å². The van der Waals surface area contributed by atoms with E-state index in [4.69, 9.17) is 9.47 Å². The summed E-state index contributed by atoms with van der Waals surface area (Å²) in [6.07, 6.45) is 12.8. The standard InChI is InChI=1S/C37H45NO4/c1-24-15-17-29(38(27-11-7-5-8-12-27)28-13-9-6-10-14-28)21-33(24)42-34-22-31-35(19-25(34)23-39)41-32-18-16-26(37(2,3)4)20-30(32)36(31)40/h15-23,27-28,36,40H,5-14H2,1-4H3. The van der Waals surface area contributed by atoms with Crippen molar-refractivity contribution in [3.05, 3.63) is 76.3 Å². The van der Waals surface area contributed by atoms with Crippen molar-refractivity contribution in [2.75, 3.05) is 4.90 Å². The predicted molar refractivity (Wildman–Crippen MR) is 169 cm³/mol. The highest BCUT2D eigenvalue weighted by molar-refractivity contribution is 5.81. The Bertz CT molecular complexity index is 1420. The molecular formula is C37H45NO4. The number of aliphatic hydroxyl groups is 1. The second-order valence-corrected chi connectivity index (χ2v) is 13.6. The molecule has 0 aromatic heterocycles. The van der Waals surface area contributed by atoms with E-state index in [0.29, 0.717) is 40.5 Å². The number of rotatable bonds is 6. The number of anilines is 1. The Hall–Kier alpha value is -3.31. The fourth-order valence-corrected chi connectivity index (χ4v) is 7.10. The van der Waals surface area contributed by atoms with Crippen molar-refractivity contribution in [3.63, 3.8) is 0 Å². The molecule has 3 aromatic carbocycles. The summed E-state index contributed by atoms with van der Waals surface area (Å²) in [6, 6.07) is 17.1. The van der Waals surface area contributed by atoms with Crippen molar-refractivity contribution in [2.45, 2.75) is 116 Å². The van der Waals surface area contributed by atoms with E-state index >= 15 is 0 Å².